The van der Waals surface area contributed by atoms with Crippen LogP contribution in [0.15, 0.2) is 42.6 Å². The number of carbonyl (C=O) groups excluding carboxylic acids is 1. The van der Waals surface area contributed by atoms with Crippen LogP contribution in [-0.2, 0) is 16.0 Å². The molecule has 0 bridgehead atoms. The van der Waals surface area contributed by atoms with E-state index in [1.807, 2.05) is 36.4 Å². The number of benzene rings is 1. The van der Waals surface area contributed by atoms with Gasteiger partial charge >= 0.3 is 5.97 Å². The summed E-state index contributed by atoms with van der Waals surface area (Å²) in [6.07, 6.45) is 4.33. The highest BCUT2D eigenvalue weighted by Gasteiger charge is 2.23. The van der Waals surface area contributed by atoms with Gasteiger partial charge in [0.05, 0.1) is 5.02 Å². The summed E-state index contributed by atoms with van der Waals surface area (Å²) in [6, 6.07) is 11.3. The normalized spacial score (nSPS) is 15.2. The minimum Gasteiger partial charge on any atom is -0.462 e. The number of hydrogen-bond acceptors (Lipinski definition) is 4. The van der Waals surface area contributed by atoms with Gasteiger partial charge in [0.15, 0.2) is 0 Å². The summed E-state index contributed by atoms with van der Waals surface area (Å²) >= 11 is 11.7. The topological polar surface area (TPSA) is 42.4 Å². The van der Waals surface area contributed by atoms with Crippen LogP contribution in [0.5, 0.6) is 0 Å². The monoisotopic (exact) mass is 378 g/mol. The number of esters is 1. The zero-order valence-electron chi connectivity index (χ0n) is 13.8. The van der Waals surface area contributed by atoms with Crippen LogP contribution in [0.1, 0.15) is 24.8 Å². The second-order valence-electron chi connectivity index (χ2n) is 6.14. The van der Waals surface area contributed by atoms with Gasteiger partial charge in [-0.1, -0.05) is 35.3 Å². The molecule has 4 nitrogen and oxygen atoms in total. The molecule has 1 fully saturated rings. The summed E-state index contributed by atoms with van der Waals surface area (Å²) in [5, 5.41) is 1.33. The third-order valence-electron chi connectivity index (χ3n) is 4.31. The minimum atomic E-state index is -0.141. The second-order valence-corrected chi connectivity index (χ2v) is 7.01. The first-order chi connectivity index (χ1) is 12.1. The Bertz CT molecular complexity index is 696. The van der Waals surface area contributed by atoms with Crippen LogP contribution in [0.25, 0.3) is 0 Å². The summed E-state index contributed by atoms with van der Waals surface area (Å²) < 4.78 is 5.61. The van der Waals surface area contributed by atoms with Gasteiger partial charge in [-0.3, -0.25) is 4.79 Å². The number of pyridine rings is 1. The van der Waals surface area contributed by atoms with Crippen molar-refractivity contribution >= 4 is 35.0 Å². The molecular formula is C19H20Cl2N2O2. The molecule has 0 atom stereocenters. The molecule has 2 heterocycles. The number of aryl methyl sites for hydroxylation is 1. The SMILES string of the molecule is O=C(CCc1ccc(Cl)cc1)OC1CCN(c2ccc(Cl)cn2)CC1. The first-order valence-corrected chi connectivity index (χ1v) is 9.16. The number of piperidine rings is 1. The Labute approximate surface area is 157 Å². The van der Waals surface area contributed by atoms with E-state index in [-0.39, 0.29) is 12.1 Å². The maximum Gasteiger partial charge on any atom is 0.306 e. The molecule has 1 saturated heterocycles. The van der Waals surface area contributed by atoms with Crippen molar-refractivity contribution in [2.24, 2.45) is 0 Å². The van der Waals surface area contributed by atoms with E-state index in [0.717, 1.165) is 37.3 Å². The molecule has 1 aliphatic heterocycles. The fourth-order valence-corrected chi connectivity index (χ4v) is 3.14. The van der Waals surface area contributed by atoms with Crippen molar-refractivity contribution in [3.05, 3.63) is 58.2 Å². The highest BCUT2D eigenvalue weighted by molar-refractivity contribution is 6.30. The standard InChI is InChI=1S/C19H20Cl2N2O2/c20-15-4-1-14(2-5-15)3-8-19(24)25-17-9-11-23(12-10-17)18-7-6-16(21)13-22-18/h1-2,4-7,13,17H,3,8-12H2. The van der Waals surface area contributed by atoms with Crippen LogP contribution < -0.4 is 4.90 Å². The lowest BCUT2D eigenvalue weighted by atomic mass is 10.1. The Morgan fingerprint density at radius 2 is 1.76 bits per heavy atom. The van der Waals surface area contributed by atoms with Gasteiger partial charge in [-0.15, -0.1) is 0 Å². The molecule has 3 rings (SSSR count). The molecule has 2 aromatic rings. The number of hydrogen-bond donors (Lipinski definition) is 0. The molecule has 25 heavy (non-hydrogen) atoms. The lowest BCUT2D eigenvalue weighted by molar-refractivity contribution is -0.149. The van der Waals surface area contributed by atoms with Crippen molar-refractivity contribution in [1.82, 2.24) is 4.98 Å². The third-order valence-corrected chi connectivity index (χ3v) is 4.78. The van der Waals surface area contributed by atoms with Gasteiger partial charge in [0.25, 0.3) is 0 Å². The maximum absolute atomic E-state index is 12.1. The quantitative estimate of drug-likeness (QED) is 0.716. The number of ether oxygens (including phenoxy) is 1. The predicted molar refractivity (Wildman–Crippen MR) is 100 cm³/mol. The highest BCUT2D eigenvalue weighted by atomic mass is 35.5. The molecular weight excluding hydrogens is 359 g/mol. The molecule has 0 N–H and O–H groups in total. The van der Waals surface area contributed by atoms with E-state index in [1.165, 1.54) is 0 Å². The van der Waals surface area contributed by atoms with Crippen molar-refractivity contribution in [1.29, 1.82) is 0 Å². The fourth-order valence-electron chi connectivity index (χ4n) is 2.90. The number of anilines is 1. The Kier molecular flexibility index (Phi) is 6.16. The van der Waals surface area contributed by atoms with Crippen molar-refractivity contribution in [2.45, 2.75) is 31.8 Å². The van der Waals surface area contributed by atoms with Gasteiger partial charge in [-0.2, -0.15) is 0 Å². The molecule has 0 radical (unpaired) electrons. The average Bonchev–Trinajstić information content (AvgIpc) is 2.63. The van der Waals surface area contributed by atoms with Gasteiger partial charge in [0, 0.05) is 43.6 Å². The third kappa shape index (κ3) is 5.35. The largest absolute Gasteiger partial charge is 0.462 e. The highest BCUT2D eigenvalue weighted by Crippen LogP contribution is 2.21. The van der Waals surface area contributed by atoms with E-state index >= 15 is 0 Å². The Morgan fingerprint density at radius 3 is 2.40 bits per heavy atom. The van der Waals surface area contributed by atoms with E-state index in [1.54, 1.807) is 6.20 Å². The van der Waals surface area contributed by atoms with E-state index in [2.05, 4.69) is 9.88 Å². The maximum atomic E-state index is 12.1. The molecule has 0 aliphatic carbocycles. The second kappa shape index (κ2) is 8.54. The number of rotatable bonds is 5. The molecule has 1 aromatic heterocycles. The van der Waals surface area contributed by atoms with Gasteiger partial charge < -0.3 is 9.64 Å². The van der Waals surface area contributed by atoms with Gasteiger partial charge in [-0.25, -0.2) is 4.98 Å². The van der Waals surface area contributed by atoms with E-state index in [9.17, 15) is 4.79 Å². The molecule has 0 saturated carbocycles. The molecule has 0 spiro atoms. The lowest BCUT2D eigenvalue weighted by Crippen LogP contribution is -2.38. The van der Waals surface area contributed by atoms with E-state index < -0.39 is 0 Å². The minimum absolute atomic E-state index is 0.0127. The number of aromatic nitrogens is 1. The summed E-state index contributed by atoms with van der Waals surface area (Å²) in [7, 11) is 0. The van der Waals surface area contributed by atoms with E-state index in [0.29, 0.717) is 22.9 Å². The zero-order chi connectivity index (χ0) is 17.6. The molecule has 1 aromatic carbocycles. The molecule has 1 aliphatic rings. The fraction of sp³-hybridized carbons (Fsp3) is 0.368. The smallest absolute Gasteiger partial charge is 0.306 e. The van der Waals surface area contributed by atoms with Crippen LogP contribution in [0.3, 0.4) is 0 Å². The van der Waals surface area contributed by atoms with Crippen molar-refractivity contribution in [3.63, 3.8) is 0 Å². The summed E-state index contributed by atoms with van der Waals surface area (Å²) in [5.74, 6) is 0.773. The average molecular weight is 379 g/mol. The first kappa shape index (κ1) is 18.0. The van der Waals surface area contributed by atoms with Crippen molar-refractivity contribution in [3.8, 4) is 0 Å². The van der Waals surface area contributed by atoms with Gasteiger partial charge in [0.1, 0.15) is 11.9 Å². The Balaban J connectivity index is 1.41. The van der Waals surface area contributed by atoms with Crippen molar-refractivity contribution < 1.29 is 9.53 Å². The Hall–Kier alpha value is -1.78. The van der Waals surface area contributed by atoms with Crippen LogP contribution in [0.2, 0.25) is 10.0 Å². The Morgan fingerprint density at radius 1 is 1.08 bits per heavy atom. The zero-order valence-corrected chi connectivity index (χ0v) is 15.3. The van der Waals surface area contributed by atoms with Crippen LogP contribution in [-0.4, -0.2) is 30.1 Å². The van der Waals surface area contributed by atoms with Crippen LogP contribution in [0.4, 0.5) is 5.82 Å². The summed E-state index contributed by atoms with van der Waals surface area (Å²) in [6.45, 7) is 1.65. The number of halogens is 2. The predicted octanol–water partition coefficient (Wildman–Crippen LogP) is 4.53. The summed E-state index contributed by atoms with van der Waals surface area (Å²) in [5.41, 5.74) is 1.09. The molecule has 0 amide bonds. The number of carbonyl (C=O) groups is 1. The van der Waals surface area contributed by atoms with Crippen LogP contribution in [0, 0.1) is 0 Å². The van der Waals surface area contributed by atoms with E-state index in [4.69, 9.17) is 27.9 Å². The van der Waals surface area contributed by atoms with Crippen molar-refractivity contribution in [2.75, 3.05) is 18.0 Å². The van der Waals surface area contributed by atoms with Crippen LogP contribution >= 0.6 is 23.2 Å². The first-order valence-electron chi connectivity index (χ1n) is 8.40. The molecule has 0 unspecified atom stereocenters. The number of nitrogens with zero attached hydrogens (tertiary/aromatic N) is 2. The lowest BCUT2D eigenvalue weighted by Gasteiger charge is -2.32. The molecule has 132 valence electrons. The van der Waals surface area contributed by atoms with Gasteiger partial charge in [0.2, 0.25) is 0 Å². The molecule has 6 heteroatoms. The summed E-state index contributed by atoms with van der Waals surface area (Å²) in [4.78, 5) is 18.6. The van der Waals surface area contributed by atoms with Gasteiger partial charge in [-0.05, 0) is 36.2 Å².